The van der Waals surface area contributed by atoms with Crippen LogP contribution in [0.5, 0.6) is 5.75 Å². The van der Waals surface area contributed by atoms with Crippen LogP contribution in [0.15, 0.2) is 24.3 Å². The number of nitrogens with two attached hydrogens (primary N) is 1. The van der Waals surface area contributed by atoms with Crippen molar-refractivity contribution in [2.75, 3.05) is 13.7 Å². The van der Waals surface area contributed by atoms with Crippen LogP contribution in [0.3, 0.4) is 0 Å². The molecular weight excluding hydrogens is 324 g/mol. The Balaban J connectivity index is 2.13. The van der Waals surface area contributed by atoms with Gasteiger partial charge < -0.3 is 15.2 Å². The lowest BCUT2D eigenvalue weighted by atomic mass is 9.78. The molecule has 0 saturated carbocycles. The third kappa shape index (κ3) is 2.33. The van der Waals surface area contributed by atoms with Gasteiger partial charge in [-0.05, 0) is 31.2 Å². The molecule has 25 heavy (non-hydrogen) atoms. The molecule has 0 radical (unpaired) electrons. The number of phenols is 1. The topological polar surface area (TPSA) is 101 Å². The van der Waals surface area contributed by atoms with Crippen molar-refractivity contribution < 1.29 is 29.5 Å². The summed E-state index contributed by atoms with van der Waals surface area (Å²) in [5.74, 6) is -2.26. The number of hydrogen-bond donors (Lipinski definition) is 2. The van der Waals surface area contributed by atoms with Gasteiger partial charge in [-0.1, -0.05) is 6.92 Å². The maximum absolute atomic E-state index is 12.9. The summed E-state index contributed by atoms with van der Waals surface area (Å²) in [5, 5.41) is 11.3. The van der Waals surface area contributed by atoms with Gasteiger partial charge in [0.15, 0.2) is 0 Å². The van der Waals surface area contributed by atoms with Crippen LogP contribution in [0.4, 0.5) is 0 Å². The molecule has 134 valence electrons. The lowest BCUT2D eigenvalue weighted by Gasteiger charge is -2.27. The van der Waals surface area contributed by atoms with E-state index in [9.17, 15) is 19.5 Å². The van der Waals surface area contributed by atoms with Crippen molar-refractivity contribution in [2.45, 2.75) is 31.8 Å². The molecule has 7 heteroatoms. The molecule has 0 bridgehead atoms. The largest absolute Gasteiger partial charge is 0.508 e. The van der Waals surface area contributed by atoms with Crippen LogP contribution in [-0.2, 0) is 19.1 Å². The number of imide groups is 1. The average molecular weight is 347 g/mol. The molecule has 1 aromatic carbocycles. The highest BCUT2D eigenvalue weighted by Gasteiger charge is 2.71. The first-order chi connectivity index (χ1) is 11.9. The minimum Gasteiger partial charge on any atom is -0.508 e. The van der Waals surface area contributed by atoms with Crippen LogP contribution < -0.4 is 5.32 Å². The highest BCUT2D eigenvalue weighted by atomic mass is 16.5. The zero-order valence-electron chi connectivity index (χ0n) is 14.6. The number of fused-ring (bicyclic) bond motifs is 1. The number of quaternary nitrogens is 1. The molecule has 3 N–H and O–H groups in total. The Bertz CT molecular complexity index is 717. The van der Waals surface area contributed by atoms with Crippen LogP contribution in [0.2, 0.25) is 0 Å². The summed E-state index contributed by atoms with van der Waals surface area (Å²) in [5.41, 5.74) is -0.315. The normalized spacial score (nSPS) is 31.3. The summed E-state index contributed by atoms with van der Waals surface area (Å²) in [4.78, 5) is 39.6. The van der Waals surface area contributed by atoms with Gasteiger partial charge in [0.25, 0.3) is 0 Å². The molecule has 3 rings (SSSR count). The van der Waals surface area contributed by atoms with Gasteiger partial charge >= 0.3 is 5.97 Å². The quantitative estimate of drug-likeness (QED) is 0.588. The Morgan fingerprint density at radius 3 is 2.40 bits per heavy atom. The van der Waals surface area contributed by atoms with E-state index in [1.54, 1.807) is 31.2 Å². The number of benzene rings is 1. The van der Waals surface area contributed by atoms with Gasteiger partial charge in [0, 0.05) is 18.5 Å². The molecule has 2 aliphatic rings. The molecule has 2 saturated heterocycles. The van der Waals surface area contributed by atoms with E-state index in [1.807, 2.05) is 12.2 Å². The number of rotatable bonds is 4. The predicted molar refractivity (Wildman–Crippen MR) is 87.2 cm³/mol. The maximum Gasteiger partial charge on any atom is 0.368 e. The molecule has 2 amide bonds. The van der Waals surface area contributed by atoms with Gasteiger partial charge in [-0.2, -0.15) is 0 Å². The number of methoxy groups -OCH3 is 1. The third-order valence-corrected chi connectivity index (χ3v) is 5.61. The van der Waals surface area contributed by atoms with Crippen molar-refractivity contribution in [3.05, 3.63) is 29.8 Å². The van der Waals surface area contributed by atoms with E-state index in [0.717, 1.165) is 5.56 Å². The number of carbonyl (C=O) groups is 3. The Morgan fingerprint density at radius 1 is 1.24 bits per heavy atom. The van der Waals surface area contributed by atoms with Crippen molar-refractivity contribution >= 4 is 17.8 Å². The van der Waals surface area contributed by atoms with Crippen molar-refractivity contribution in [1.82, 2.24) is 4.90 Å². The second-order valence-corrected chi connectivity index (χ2v) is 6.59. The van der Waals surface area contributed by atoms with Gasteiger partial charge in [-0.15, -0.1) is 0 Å². The maximum atomic E-state index is 12.9. The highest BCUT2D eigenvalue weighted by molar-refractivity contribution is 6.08. The summed E-state index contributed by atoms with van der Waals surface area (Å²) in [6.45, 7) is 3.87. The van der Waals surface area contributed by atoms with Crippen molar-refractivity contribution in [3.8, 4) is 5.75 Å². The summed E-state index contributed by atoms with van der Waals surface area (Å²) in [6, 6.07) is 6.16. The molecule has 2 aliphatic heterocycles. The number of hydrogen-bond acceptors (Lipinski definition) is 5. The molecule has 2 fully saturated rings. The zero-order chi connectivity index (χ0) is 18.4. The number of amides is 2. The lowest BCUT2D eigenvalue weighted by molar-refractivity contribution is -0.734. The smallest absolute Gasteiger partial charge is 0.368 e. The van der Waals surface area contributed by atoms with E-state index in [4.69, 9.17) is 4.74 Å². The molecular formula is C18H23N2O5+. The predicted octanol–water partition coefficient (Wildman–Crippen LogP) is -0.0468. The second kappa shape index (κ2) is 6.15. The fraction of sp³-hybridized carbons (Fsp3) is 0.500. The second-order valence-electron chi connectivity index (χ2n) is 6.59. The fourth-order valence-corrected chi connectivity index (χ4v) is 4.36. The van der Waals surface area contributed by atoms with Gasteiger partial charge in [-0.3, -0.25) is 14.5 Å². The summed E-state index contributed by atoms with van der Waals surface area (Å²) in [6.07, 6.45) is 0.381. The number of aromatic hydroxyl groups is 1. The van der Waals surface area contributed by atoms with Crippen LogP contribution in [0, 0.1) is 11.8 Å². The van der Waals surface area contributed by atoms with E-state index in [2.05, 4.69) is 0 Å². The minimum atomic E-state index is -1.11. The SMILES string of the molecule is CCN1C(=O)[C@H]2[C@@H](C1=O)[C@@](CC)(C(=O)OC)[NH2+][C@H]2c1ccc(O)cc1. The monoisotopic (exact) mass is 347 g/mol. The Morgan fingerprint density at radius 2 is 1.88 bits per heavy atom. The Hall–Kier alpha value is -2.41. The number of esters is 1. The molecule has 4 atom stereocenters. The highest BCUT2D eigenvalue weighted by Crippen LogP contribution is 2.45. The third-order valence-electron chi connectivity index (χ3n) is 5.61. The molecule has 0 aromatic heterocycles. The molecule has 0 aliphatic carbocycles. The van der Waals surface area contributed by atoms with E-state index >= 15 is 0 Å². The van der Waals surface area contributed by atoms with Crippen molar-refractivity contribution in [2.24, 2.45) is 11.8 Å². The number of ether oxygens (including phenoxy) is 1. The molecule has 0 unspecified atom stereocenters. The minimum absolute atomic E-state index is 0.122. The van der Waals surface area contributed by atoms with Crippen molar-refractivity contribution in [3.63, 3.8) is 0 Å². The Kier molecular flexibility index (Phi) is 4.28. The standard InChI is InChI=1S/C18H22N2O5/c1-4-18(17(24)25-3)13-12(15(22)20(5-2)16(13)23)14(19-18)10-6-8-11(21)9-7-10/h6-9,12-14,19,21H,4-5H2,1-3H3/p+1/t12-,13-,14-,18-/m0/s1. The van der Waals surface area contributed by atoms with E-state index < -0.39 is 23.3 Å². The van der Waals surface area contributed by atoms with Crippen LogP contribution in [0.1, 0.15) is 31.9 Å². The first-order valence-electron chi connectivity index (χ1n) is 8.49. The number of carbonyl (C=O) groups excluding carboxylic acids is 3. The van der Waals surface area contributed by atoms with E-state index in [1.165, 1.54) is 12.0 Å². The lowest BCUT2D eigenvalue weighted by Crippen LogP contribution is -2.98. The summed E-state index contributed by atoms with van der Waals surface area (Å²) < 4.78 is 5.00. The fourth-order valence-electron chi connectivity index (χ4n) is 4.36. The van der Waals surface area contributed by atoms with Crippen LogP contribution in [-0.4, -0.2) is 47.0 Å². The molecule has 0 spiro atoms. The van der Waals surface area contributed by atoms with Crippen LogP contribution in [0.25, 0.3) is 0 Å². The van der Waals surface area contributed by atoms with E-state index in [-0.39, 0.29) is 30.2 Å². The number of nitrogens with zero attached hydrogens (tertiary/aromatic N) is 1. The first kappa shape index (κ1) is 17.4. The zero-order valence-corrected chi connectivity index (χ0v) is 14.6. The van der Waals surface area contributed by atoms with Gasteiger partial charge in [0.05, 0.1) is 7.11 Å². The summed E-state index contributed by atoms with van der Waals surface area (Å²) in [7, 11) is 1.30. The van der Waals surface area contributed by atoms with Crippen LogP contribution >= 0.6 is 0 Å². The van der Waals surface area contributed by atoms with Gasteiger partial charge in [0.2, 0.25) is 17.4 Å². The van der Waals surface area contributed by atoms with Crippen molar-refractivity contribution in [1.29, 1.82) is 0 Å². The van der Waals surface area contributed by atoms with Gasteiger partial charge in [0.1, 0.15) is 23.6 Å². The average Bonchev–Trinajstić information content (AvgIpc) is 3.10. The molecule has 1 aromatic rings. The van der Waals surface area contributed by atoms with Gasteiger partial charge in [-0.25, -0.2) is 4.79 Å². The van der Waals surface area contributed by atoms with E-state index in [0.29, 0.717) is 6.42 Å². The number of phenolic OH excluding ortho intramolecular Hbond substituents is 1. The molecule has 2 heterocycles. The Labute approximate surface area is 146 Å². The molecule has 7 nitrogen and oxygen atoms in total. The summed E-state index contributed by atoms with van der Waals surface area (Å²) >= 11 is 0. The number of likely N-dealkylation sites (tertiary alicyclic amines) is 1. The first-order valence-corrected chi connectivity index (χ1v) is 8.49.